The summed E-state index contributed by atoms with van der Waals surface area (Å²) in [5.41, 5.74) is 1.11. The summed E-state index contributed by atoms with van der Waals surface area (Å²) in [6.07, 6.45) is 3.51. The minimum Gasteiger partial charge on any atom is -0.381 e. The average Bonchev–Trinajstić information content (AvgIpc) is 3.34. The normalized spacial score (nSPS) is 18.5. The lowest BCUT2D eigenvalue weighted by molar-refractivity contribution is -0.122. The summed E-state index contributed by atoms with van der Waals surface area (Å²) in [5.74, 6) is -0.217. The highest BCUT2D eigenvalue weighted by Gasteiger charge is 2.27. The molecule has 0 spiro atoms. The Labute approximate surface area is 157 Å². The molecule has 2 aliphatic rings. The van der Waals surface area contributed by atoms with Crippen molar-refractivity contribution in [3.8, 4) is 0 Å². The van der Waals surface area contributed by atoms with Crippen molar-refractivity contribution in [1.82, 2.24) is 5.32 Å². The number of halogens is 2. The molecule has 1 heterocycles. The number of hydrogen-bond acceptors (Lipinski definition) is 3. The second-order valence-corrected chi connectivity index (χ2v) is 8.01. The molecule has 1 saturated carbocycles. The number of hydrogen-bond donors (Lipinski definition) is 2. The van der Waals surface area contributed by atoms with Gasteiger partial charge in [-0.3, -0.25) is 9.59 Å². The molecule has 0 unspecified atom stereocenters. The van der Waals surface area contributed by atoms with E-state index in [0.717, 1.165) is 33.7 Å². The van der Waals surface area contributed by atoms with Crippen molar-refractivity contribution < 1.29 is 14.3 Å². The van der Waals surface area contributed by atoms with Crippen LogP contribution in [-0.4, -0.2) is 31.1 Å². The van der Waals surface area contributed by atoms with Gasteiger partial charge in [0.05, 0.1) is 11.3 Å². The molecule has 0 atom stereocenters. The molecule has 2 fully saturated rings. The molecule has 7 heteroatoms. The summed E-state index contributed by atoms with van der Waals surface area (Å²) < 4.78 is 6.97. The van der Waals surface area contributed by atoms with E-state index in [1.165, 1.54) is 0 Å². The first-order valence-corrected chi connectivity index (χ1v) is 9.60. The van der Waals surface area contributed by atoms with Crippen LogP contribution in [0.2, 0.25) is 0 Å². The number of rotatable bonds is 4. The van der Waals surface area contributed by atoms with Crippen LogP contribution in [0.3, 0.4) is 0 Å². The van der Waals surface area contributed by atoms with Gasteiger partial charge < -0.3 is 15.4 Å². The Hall–Kier alpha value is -0.670. The maximum absolute atomic E-state index is 12.5. The molecule has 1 aromatic rings. The summed E-state index contributed by atoms with van der Waals surface area (Å²) in [6, 6.07) is 3.94. The fourth-order valence-electron chi connectivity index (χ4n) is 2.56. The molecule has 0 bridgehead atoms. The van der Waals surface area contributed by atoms with Crippen molar-refractivity contribution in [2.24, 2.45) is 5.92 Å². The van der Waals surface area contributed by atoms with Gasteiger partial charge in [-0.2, -0.15) is 0 Å². The largest absolute Gasteiger partial charge is 0.381 e. The summed E-state index contributed by atoms with van der Waals surface area (Å²) in [5, 5.41) is 5.95. The van der Waals surface area contributed by atoms with Gasteiger partial charge in [-0.25, -0.2) is 0 Å². The third kappa shape index (κ3) is 4.45. The van der Waals surface area contributed by atoms with E-state index in [2.05, 4.69) is 49.2 Å². The first kappa shape index (κ1) is 17.2. The van der Waals surface area contributed by atoms with Gasteiger partial charge in [-0.15, -0.1) is 0 Å². The van der Waals surface area contributed by atoms with Crippen LogP contribution < -0.4 is 10.6 Å². The number of anilines is 1. The second kappa shape index (κ2) is 7.48. The summed E-state index contributed by atoms with van der Waals surface area (Å²) >= 11 is 5.58. The minimum absolute atomic E-state index is 0.0333. The third-order valence-corrected chi connectivity index (χ3v) is 5.36. The molecule has 1 aliphatic heterocycles. The van der Waals surface area contributed by atoms with Crippen LogP contribution in [0.4, 0.5) is 5.69 Å². The van der Waals surface area contributed by atoms with Crippen LogP contribution in [0.15, 0.2) is 16.6 Å². The van der Waals surface area contributed by atoms with E-state index >= 15 is 0 Å². The highest BCUT2D eigenvalue weighted by molar-refractivity contribution is 14.1. The van der Waals surface area contributed by atoms with Crippen molar-refractivity contribution in [3.05, 3.63) is 25.7 Å². The van der Waals surface area contributed by atoms with Crippen molar-refractivity contribution in [1.29, 1.82) is 0 Å². The Morgan fingerprint density at radius 2 is 1.87 bits per heavy atom. The van der Waals surface area contributed by atoms with E-state index in [1.807, 2.05) is 6.07 Å². The molecule has 2 N–H and O–H groups in total. The molecule has 0 radical (unpaired) electrons. The maximum atomic E-state index is 12.5. The number of benzene rings is 1. The molecule has 5 nitrogen and oxygen atoms in total. The van der Waals surface area contributed by atoms with Crippen LogP contribution in [0, 0.1) is 9.49 Å². The van der Waals surface area contributed by atoms with E-state index < -0.39 is 0 Å². The molecule has 1 saturated heterocycles. The lowest BCUT2D eigenvalue weighted by Gasteiger charge is -2.22. The van der Waals surface area contributed by atoms with Crippen molar-refractivity contribution in [3.63, 3.8) is 0 Å². The predicted octanol–water partition coefficient (Wildman–Crippen LogP) is 3.31. The zero-order chi connectivity index (χ0) is 16.4. The Balaban J connectivity index is 1.81. The first-order chi connectivity index (χ1) is 11.0. The van der Waals surface area contributed by atoms with Crippen LogP contribution in [0.5, 0.6) is 0 Å². The number of amides is 2. The zero-order valence-electron chi connectivity index (χ0n) is 12.5. The fourth-order valence-corrected chi connectivity index (χ4v) is 4.20. The Kier molecular flexibility index (Phi) is 5.58. The van der Waals surface area contributed by atoms with Crippen LogP contribution >= 0.6 is 38.5 Å². The SMILES string of the molecule is O=C(NC1CC1)c1cc(Br)cc(I)c1NC(=O)C1CCOCC1. The average molecular weight is 493 g/mol. The van der Waals surface area contributed by atoms with Gasteiger partial charge in [0, 0.05) is 33.2 Å². The Morgan fingerprint density at radius 3 is 2.52 bits per heavy atom. The number of carbonyl (C=O) groups is 2. The van der Waals surface area contributed by atoms with Gasteiger partial charge in [-0.1, -0.05) is 15.9 Å². The molecular formula is C16H18BrIN2O3. The molecular weight excluding hydrogens is 475 g/mol. The molecule has 1 aliphatic carbocycles. The van der Waals surface area contributed by atoms with E-state index in [4.69, 9.17) is 4.74 Å². The van der Waals surface area contributed by atoms with E-state index in [1.54, 1.807) is 6.07 Å². The van der Waals surface area contributed by atoms with Gasteiger partial charge >= 0.3 is 0 Å². The summed E-state index contributed by atoms with van der Waals surface area (Å²) in [7, 11) is 0. The van der Waals surface area contributed by atoms with Gasteiger partial charge in [-0.05, 0) is 60.4 Å². The monoisotopic (exact) mass is 492 g/mol. The van der Waals surface area contributed by atoms with Gasteiger partial charge in [0.25, 0.3) is 5.91 Å². The van der Waals surface area contributed by atoms with Crippen LogP contribution in [0.1, 0.15) is 36.0 Å². The quantitative estimate of drug-likeness (QED) is 0.633. The van der Waals surface area contributed by atoms with Gasteiger partial charge in [0.1, 0.15) is 0 Å². The molecule has 1 aromatic carbocycles. The first-order valence-electron chi connectivity index (χ1n) is 7.73. The van der Waals surface area contributed by atoms with Gasteiger partial charge in [0.2, 0.25) is 5.91 Å². The van der Waals surface area contributed by atoms with Crippen LogP contribution in [-0.2, 0) is 9.53 Å². The smallest absolute Gasteiger partial charge is 0.253 e. The zero-order valence-corrected chi connectivity index (χ0v) is 16.3. The van der Waals surface area contributed by atoms with E-state index in [9.17, 15) is 9.59 Å². The topological polar surface area (TPSA) is 67.4 Å². The molecule has 3 rings (SSSR count). The Morgan fingerprint density at radius 1 is 1.17 bits per heavy atom. The van der Waals surface area contributed by atoms with Gasteiger partial charge in [0.15, 0.2) is 0 Å². The number of nitrogens with one attached hydrogen (secondary N) is 2. The highest BCUT2D eigenvalue weighted by atomic mass is 127. The standard InChI is InChI=1S/C16H18BrIN2O3/c17-10-7-12(16(22)19-11-1-2-11)14(13(18)8-10)20-15(21)9-3-5-23-6-4-9/h7-9,11H,1-6H2,(H,19,22)(H,20,21). The molecule has 2 amide bonds. The lowest BCUT2D eigenvalue weighted by Crippen LogP contribution is -2.31. The fraction of sp³-hybridized carbons (Fsp3) is 0.500. The van der Waals surface area contributed by atoms with Crippen molar-refractivity contribution in [2.45, 2.75) is 31.7 Å². The third-order valence-electron chi connectivity index (χ3n) is 4.05. The maximum Gasteiger partial charge on any atom is 0.253 e. The van der Waals surface area contributed by atoms with E-state index in [-0.39, 0.29) is 23.8 Å². The van der Waals surface area contributed by atoms with Crippen LogP contribution in [0.25, 0.3) is 0 Å². The second-order valence-electron chi connectivity index (χ2n) is 5.93. The summed E-state index contributed by atoms with van der Waals surface area (Å²) in [4.78, 5) is 25.0. The summed E-state index contributed by atoms with van der Waals surface area (Å²) in [6.45, 7) is 1.23. The lowest BCUT2D eigenvalue weighted by atomic mass is 9.99. The molecule has 0 aromatic heterocycles. The van der Waals surface area contributed by atoms with E-state index in [0.29, 0.717) is 24.5 Å². The molecule has 124 valence electrons. The van der Waals surface area contributed by atoms with Crippen molar-refractivity contribution in [2.75, 3.05) is 18.5 Å². The highest BCUT2D eigenvalue weighted by Crippen LogP contribution is 2.30. The number of ether oxygens (including phenoxy) is 1. The minimum atomic E-state index is -0.131. The number of carbonyl (C=O) groups excluding carboxylic acids is 2. The molecule has 23 heavy (non-hydrogen) atoms. The Bertz CT molecular complexity index is 628. The van der Waals surface area contributed by atoms with Crippen molar-refractivity contribution >= 4 is 56.0 Å². The predicted molar refractivity (Wildman–Crippen MR) is 99.5 cm³/mol.